The highest BCUT2D eigenvalue weighted by Gasteiger charge is 1.75. The number of aromatic amines is 1. The summed E-state index contributed by atoms with van der Waals surface area (Å²) in [7, 11) is 0. The summed E-state index contributed by atoms with van der Waals surface area (Å²) in [5.74, 6) is 0. The maximum atomic E-state index is 10.2. The van der Waals surface area contributed by atoms with Crippen LogP contribution in [0.25, 0.3) is 0 Å². The molecule has 0 saturated heterocycles. The van der Waals surface area contributed by atoms with Gasteiger partial charge in [0.1, 0.15) is 0 Å². The number of nitrogens with one attached hydrogen (secondary N) is 1. The van der Waals surface area contributed by atoms with Crippen molar-refractivity contribution in [2.75, 3.05) is 0 Å². The molecule has 12 heavy (non-hydrogen) atoms. The van der Waals surface area contributed by atoms with Gasteiger partial charge >= 0.3 is 0 Å². The number of hydrogen-bond donors (Lipinski definition) is 1. The summed E-state index contributed by atoms with van der Waals surface area (Å²) in [6.07, 6.45) is 6.35. The minimum absolute atomic E-state index is 0.750. The van der Waals surface area contributed by atoms with Crippen molar-refractivity contribution in [2.24, 2.45) is 0 Å². The molecule has 4 nitrogen and oxygen atoms in total. The molecule has 0 fully saturated rings. The minimum Gasteiger partial charge on any atom is -0.619 e. The van der Waals surface area contributed by atoms with Gasteiger partial charge in [-0.3, -0.25) is 5.10 Å². The van der Waals surface area contributed by atoms with E-state index in [9.17, 15) is 5.21 Å². The van der Waals surface area contributed by atoms with Gasteiger partial charge in [-0.25, -0.2) is 0 Å². The van der Waals surface area contributed by atoms with Crippen molar-refractivity contribution in [1.82, 2.24) is 10.2 Å². The zero-order chi connectivity index (χ0) is 8.65. The van der Waals surface area contributed by atoms with Crippen LogP contribution in [0.1, 0.15) is 0 Å². The second kappa shape index (κ2) is 4.90. The van der Waals surface area contributed by atoms with Crippen molar-refractivity contribution < 1.29 is 4.73 Å². The SMILES string of the molecule is [O-][n+]1ccccc1.c1cn[nH]c1. The summed E-state index contributed by atoms with van der Waals surface area (Å²) in [6.45, 7) is 0. The van der Waals surface area contributed by atoms with E-state index in [0.29, 0.717) is 0 Å². The molecule has 0 aliphatic carbocycles. The molecule has 0 atom stereocenters. The maximum absolute atomic E-state index is 10.2. The molecule has 0 aromatic carbocycles. The van der Waals surface area contributed by atoms with Crippen LogP contribution in [0, 0.1) is 5.21 Å². The third-order valence-electron chi connectivity index (χ3n) is 1.09. The fourth-order valence-corrected chi connectivity index (χ4v) is 0.598. The summed E-state index contributed by atoms with van der Waals surface area (Å²) in [6, 6.07) is 7.01. The summed E-state index contributed by atoms with van der Waals surface area (Å²) in [5, 5.41) is 16.4. The van der Waals surface area contributed by atoms with E-state index in [-0.39, 0.29) is 0 Å². The van der Waals surface area contributed by atoms with Gasteiger partial charge in [-0.05, 0) is 6.07 Å². The van der Waals surface area contributed by atoms with Crippen LogP contribution in [0.3, 0.4) is 0 Å². The van der Waals surface area contributed by atoms with Crippen LogP contribution >= 0.6 is 0 Å². The van der Waals surface area contributed by atoms with Crippen LogP contribution in [0.2, 0.25) is 0 Å². The molecule has 0 spiro atoms. The maximum Gasteiger partial charge on any atom is 0.180 e. The zero-order valence-corrected chi connectivity index (χ0v) is 6.42. The predicted molar refractivity (Wildman–Crippen MR) is 44.0 cm³/mol. The molecule has 1 N–H and O–H groups in total. The third-order valence-corrected chi connectivity index (χ3v) is 1.09. The van der Waals surface area contributed by atoms with Gasteiger partial charge in [-0.15, -0.1) is 0 Å². The predicted octanol–water partition coefficient (Wildman–Crippen LogP) is 0.730. The molecule has 2 heterocycles. The lowest BCUT2D eigenvalue weighted by Crippen LogP contribution is -2.22. The Bertz CT molecular complexity index is 263. The number of rotatable bonds is 0. The highest BCUT2D eigenvalue weighted by atomic mass is 16.5. The Balaban J connectivity index is 0.000000127. The Morgan fingerprint density at radius 1 is 1.08 bits per heavy atom. The summed E-state index contributed by atoms with van der Waals surface area (Å²) in [4.78, 5) is 0. The first-order valence-corrected chi connectivity index (χ1v) is 3.47. The highest BCUT2D eigenvalue weighted by molar-refractivity contribution is 4.83. The number of aromatic nitrogens is 3. The molecular weight excluding hydrogens is 154 g/mol. The van der Waals surface area contributed by atoms with Gasteiger partial charge in [0.25, 0.3) is 0 Å². The van der Waals surface area contributed by atoms with Crippen molar-refractivity contribution in [3.8, 4) is 0 Å². The minimum atomic E-state index is 0.750. The van der Waals surface area contributed by atoms with Crippen molar-refractivity contribution in [2.45, 2.75) is 0 Å². The Hall–Kier alpha value is -1.84. The van der Waals surface area contributed by atoms with Crippen LogP contribution in [0.15, 0.2) is 49.1 Å². The molecule has 0 bridgehead atoms. The molecule has 0 aliphatic heterocycles. The first-order chi connectivity index (χ1) is 5.89. The fourth-order valence-electron chi connectivity index (χ4n) is 0.598. The Morgan fingerprint density at radius 2 is 1.83 bits per heavy atom. The summed E-state index contributed by atoms with van der Waals surface area (Å²) in [5.41, 5.74) is 0. The molecule has 0 aliphatic rings. The van der Waals surface area contributed by atoms with Crippen molar-refractivity contribution in [1.29, 1.82) is 0 Å². The first-order valence-electron chi connectivity index (χ1n) is 3.47. The first kappa shape index (κ1) is 8.26. The molecule has 2 rings (SSSR count). The van der Waals surface area contributed by atoms with E-state index in [1.807, 2.05) is 6.07 Å². The highest BCUT2D eigenvalue weighted by Crippen LogP contribution is 1.72. The Labute approximate surface area is 70.1 Å². The molecular formula is C8H9N3O. The van der Waals surface area contributed by atoms with E-state index in [1.54, 1.807) is 30.6 Å². The molecule has 0 saturated carbocycles. The van der Waals surface area contributed by atoms with E-state index in [4.69, 9.17) is 0 Å². The number of nitrogens with zero attached hydrogens (tertiary/aromatic N) is 2. The van der Waals surface area contributed by atoms with Crippen molar-refractivity contribution in [3.63, 3.8) is 0 Å². The lowest BCUT2D eigenvalue weighted by Gasteiger charge is -1.88. The summed E-state index contributed by atoms with van der Waals surface area (Å²) >= 11 is 0. The van der Waals surface area contributed by atoms with Gasteiger partial charge in [-0.1, -0.05) is 6.07 Å². The smallest absolute Gasteiger partial charge is 0.180 e. The van der Waals surface area contributed by atoms with Gasteiger partial charge in [0, 0.05) is 24.5 Å². The molecule has 0 radical (unpaired) electrons. The number of hydrogen-bond acceptors (Lipinski definition) is 2. The van der Waals surface area contributed by atoms with E-state index >= 15 is 0 Å². The third kappa shape index (κ3) is 3.36. The van der Waals surface area contributed by atoms with Gasteiger partial charge in [0.15, 0.2) is 12.4 Å². The molecule has 62 valence electrons. The lowest BCUT2D eigenvalue weighted by atomic mass is 10.5. The van der Waals surface area contributed by atoms with Crippen LogP contribution < -0.4 is 4.73 Å². The van der Waals surface area contributed by atoms with E-state index < -0.39 is 0 Å². The van der Waals surface area contributed by atoms with Crippen LogP contribution in [-0.4, -0.2) is 10.2 Å². The van der Waals surface area contributed by atoms with E-state index in [1.165, 1.54) is 12.4 Å². The van der Waals surface area contributed by atoms with Crippen molar-refractivity contribution >= 4 is 0 Å². The number of H-pyrrole nitrogens is 1. The van der Waals surface area contributed by atoms with E-state index in [2.05, 4.69) is 10.2 Å². The molecule has 2 aromatic heterocycles. The van der Waals surface area contributed by atoms with Gasteiger partial charge in [0.2, 0.25) is 0 Å². The number of pyridine rings is 1. The van der Waals surface area contributed by atoms with Crippen LogP contribution in [-0.2, 0) is 0 Å². The van der Waals surface area contributed by atoms with Gasteiger partial charge in [0.05, 0.1) is 0 Å². The van der Waals surface area contributed by atoms with Crippen LogP contribution in [0.5, 0.6) is 0 Å². The van der Waals surface area contributed by atoms with Gasteiger partial charge in [-0.2, -0.15) is 9.83 Å². The van der Waals surface area contributed by atoms with Crippen LogP contribution in [0.4, 0.5) is 0 Å². The lowest BCUT2D eigenvalue weighted by molar-refractivity contribution is -0.605. The normalized spacial score (nSPS) is 8.33. The second-order valence-corrected chi connectivity index (χ2v) is 2.00. The summed E-state index contributed by atoms with van der Waals surface area (Å²) < 4.78 is 0.750. The average molecular weight is 163 g/mol. The molecule has 0 amide bonds. The average Bonchev–Trinajstić information content (AvgIpc) is 2.62. The largest absolute Gasteiger partial charge is 0.619 e. The van der Waals surface area contributed by atoms with Gasteiger partial charge < -0.3 is 5.21 Å². The Morgan fingerprint density at radius 3 is 2.08 bits per heavy atom. The zero-order valence-electron chi connectivity index (χ0n) is 6.42. The molecule has 2 aromatic rings. The quantitative estimate of drug-likeness (QED) is 0.459. The standard InChI is InChI=1S/C5H5NO.C3H4N2/c7-6-4-2-1-3-5-6;1-2-4-5-3-1/h1-5H;1-3H,(H,4,5). The fraction of sp³-hybridized carbons (Fsp3) is 0. The monoisotopic (exact) mass is 163 g/mol. The second-order valence-electron chi connectivity index (χ2n) is 2.00. The van der Waals surface area contributed by atoms with Crippen molar-refractivity contribution in [3.05, 3.63) is 54.3 Å². The Kier molecular flexibility index (Phi) is 3.37. The molecule has 0 unspecified atom stereocenters. The molecule has 4 heteroatoms. The topological polar surface area (TPSA) is 55.6 Å². The van der Waals surface area contributed by atoms with E-state index in [0.717, 1.165) is 4.73 Å².